The average molecular weight is 399 g/mol. The number of nitrogens with one attached hydrogen (secondary N) is 1. The molecule has 1 aromatic heterocycles. The molecular weight excluding hydrogens is 380 g/mol. The number of nitro benzene ring substituents is 1. The molecule has 1 aromatic carbocycles. The second kappa shape index (κ2) is 9.73. The Kier molecular flexibility index (Phi) is 7.66. The minimum absolute atomic E-state index is 0.126. The summed E-state index contributed by atoms with van der Waals surface area (Å²) in [5.74, 6) is 0.693. The van der Waals surface area contributed by atoms with Gasteiger partial charge < -0.3 is 5.32 Å². The highest BCUT2D eigenvalue weighted by Crippen LogP contribution is 2.32. The number of anilines is 1. The van der Waals surface area contributed by atoms with Crippen molar-refractivity contribution in [2.75, 3.05) is 11.1 Å². The van der Waals surface area contributed by atoms with Gasteiger partial charge in [0.2, 0.25) is 5.91 Å². The number of nitro groups is 1. The zero-order valence-electron chi connectivity index (χ0n) is 13.8. The van der Waals surface area contributed by atoms with Gasteiger partial charge in [0.05, 0.1) is 10.2 Å². The fourth-order valence-corrected chi connectivity index (χ4v) is 5.10. The zero-order valence-corrected chi connectivity index (χ0v) is 16.2. The van der Waals surface area contributed by atoms with Crippen molar-refractivity contribution < 1.29 is 9.72 Å². The quantitative estimate of drug-likeness (QED) is 0.288. The van der Waals surface area contributed by atoms with E-state index in [-0.39, 0.29) is 17.3 Å². The number of thioether (sulfide) groups is 2. The SMILES string of the molecule is CCCCSc1nnc(SC(C)C(=O)Nc2ccccc2[N+](=O)[O-])s1. The number of hydrogen-bond donors (Lipinski definition) is 1. The van der Waals surface area contributed by atoms with E-state index in [1.165, 1.54) is 35.2 Å². The van der Waals surface area contributed by atoms with Gasteiger partial charge in [0.15, 0.2) is 8.68 Å². The van der Waals surface area contributed by atoms with Crippen LogP contribution in [0.1, 0.15) is 26.7 Å². The van der Waals surface area contributed by atoms with Crippen molar-refractivity contribution in [2.45, 2.75) is 40.6 Å². The summed E-state index contributed by atoms with van der Waals surface area (Å²) in [5, 5.41) is 21.4. The molecule has 0 radical (unpaired) electrons. The molecule has 1 unspecified atom stereocenters. The number of amides is 1. The third-order valence-corrected chi connectivity index (χ3v) is 6.44. The maximum atomic E-state index is 12.3. The van der Waals surface area contributed by atoms with E-state index in [1.807, 2.05) is 0 Å². The Morgan fingerprint density at radius 3 is 2.80 bits per heavy atom. The van der Waals surface area contributed by atoms with Crippen LogP contribution in [0.3, 0.4) is 0 Å². The van der Waals surface area contributed by atoms with Gasteiger partial charge in [-0.2, -0.15) is 0 Å². The van der Waals surface area contributed by atoms with E-state index < -0.39 is 10.2 Å². The fourth-order valence-electron chi connectivity index (χ4n) is 1.78. The van der Waals surface area contributed by atoms with E-state index in [9.17, 15) is 14.9 Å². The van der Waals surface area contributed by atoms with Crippen LogP contribution < -0.4 is 5.32 Å². The van der Waals surface area contributed by atoms with Gasteiger partial charge in [-0.05, 0) is 19.4 Å². The summed E-state index contributed by atoms with van der Waals surface area (Å²) in [6.45, 7) is 3.87. The molecule has 0 aliphatic carbocycles. The van der Waals surface area contributed by atoms with Gasteiger partial charge in [0, 0.05) is 11.8 Å². The third-order valence-electron chi connectivity index (χ3n) is 3.12. The molecule has 1 amide bonds. The molecule has 7 nitrogen and oxygen atoms in total. The standard InChI is InChI=1S/C15H18N4O3S3/c1-3-4-9-23-14-17-18-15(25-14)24-10(2)13(20)16-11-7-5-6-8-12(11)19(21)22/h5-8,10H,3-4,9H2,1-2H3,(H,16,20). The van der Waals surface area contributed by atoms with Crippen LogP contribution >= 0.6 is 34.9 Å². The Morgan fingerprint density at radius 2 is 2.08 bits per heavy atom. The van der Waals surface area contributed by atoms with Gasteiger partial charge in [-0.15, -0.1) is 10.2 Å². The second-order valence-corrected chi connectivity index (χ2v) is 8.97. The molecule has 0 saturated heterocycles. The minimum atomic E-state index is -0.516. The largest absolute Gasteiger partial charge is 0.319 e. The van der Waals surface area contributed by atoms with Crippen LogP contribution in [-0.2, 0) is 4.79 Å². The van der Waals surface area contributed by atoms with E-state index in [0.29, 0.717) is 4.34 Å². The predicted molar refractivity (Wildman–Crippen MR) is 103 cm³/mol. The maximum absolute atomic E-state index is 12.3. The topological polar surface area (TPSA) is 98.0 Å². The number of carbonyl (C=O) groups excluding carboxylic acids is 1. The average Bonchev–Trinajstić information content (AvgIpc) is 3.02. The Balaban J connectivity index is 1.93. The van der Waals surface area contributed by atoms with Crippen molar-refractivity contribution in [1.29, 1.82) is 0 Å². The molecule has 10 heteroatoms. The number of nitrogens with zero attached hydrogens (tertiary/aromatic N) is 3. The molecule has 0 fully saturated rings. The molecule has 1 heterocycles. The van der Waals surface area contributed by atoms with Gasteiger partial charge in [0.25, 0.3) is 5.69 Å². The Bertz CT molecular complexity index is 738. The van der Waals surface area contributed by atoms with Gasteiger partial charge in [0.1, 0.15) is 5.69 Å². The molecule has 1 atom stereocenters. The summed E-state index contributed by atoms with van der Waals surface area (Å²) in [6, 6.07) is 6.08. The van der Waals surface area contributed by atoms with Crippen LogP contribution in [0.25, 0.3) is 0 Å². The lowest BCUT2D eigenvalue weighted by atomic mass is 10.2. The molecule has 0 bridgehead atoms. The molecular formula is C15H18N4O3S3. The van der Waals surface area contributed by atoms with Gasteiger partial charge in [-0.1, -0.05) is 60.3 Å². The molecule has 134 valence electrons. The first-order valence-corrected chi connectivity index (χ1v) is 10.4. The van der Waals surface area contributed by atoms with E-state index in [0.717, 1.165) is 22.9 Å². The van der Waals surface area contributed by atoms with E-state index in [4.69, 9.17) is 0 Å². The molecule has 0 aliphatic heterocycles. The lowest BCUT2D eigenvalue weighted by molar-refractivity contribution is -0.383. The van der Waals surface area contributed by atoms with Gasteiger partial charge >= 0.3 is 0 Å². The Labute approximate surface area is 158 Å². The van der Waals surface area contributed by atoms with Crippen LogP contribution in [0.5, 0.6) is 0 Å². The van der Waals surface area contributed by atoms with Crippen LogP contribution in [0.4, 0.5) is 11.4 Å². The van der Waals surface area contributed by atoms with Crippen LogP contribution in [0.2, 0.25) is 0 Å². The fraction of sp³-hybridized carbons (Fsp3) is 0.400. The lowest BCUT2D eigenvalue weighted by Crippen LogP contribution is -2.22. The number of aromatic nitrogens is 2. The van der Waals surface area contributed by atoms with Crippen molar-refractivity contribution in [2.24, 2.45) is 0 Å². The number of hydrogen-bond acceptors (Lipinski definition) is 8. The van der Waals surface area contributed by atoms with Crippen molar-refractivity contribution >= 4 is 52.1 Å². The van der Waals surface area contributed by atoms with Gasteiger partial charge in [-0.25, -0.2) is 0 Å². The van der Waals surface area contributed by atoms with E-state index in [2.05, 4.69) is 22.4 Å². The summed E-state index contributed by atoms with van der Waals surface area (Å²) < 4.78 is 1.60. The maximum Gasteiger partial charge on any atom is 0.292 e. The second-order valence-electron chi connectivity index (χ2n) is 5.06. The van der Waals surface area contributed by atoms with E-state index in [1.54, 1.807) is 30.8 Å². The third kappa shape index (κ3) is 5.98. The smallest absolute Gasteiger partial charge is 0.292 e. The monoisotopic (exact) mass is 398 g/mol. The molecule has 0 aliphatic rings. The normalized spacial score (nSPS) is 11.9. The number of rotatable bonds is 9. The van der Waals surface area contributed by atoms with Crippen LogP contribution in [0, 0.1) is 10.1 Å². The highest BCUT2D eigenvalue weighted by Gasteiger charge is 2.21. The predicted octanol–water partition coefficient (Wildman–Crippen LogP) is 4.46. The zero-order chi connectivity index (χ0) is 18.2. The summed E-state index contributed by atoms with van der Waals surface area (Å²) in [6.07, 6.45) is 2.26. The van der Waals surface area contributed by atoms with Crippen molar-refractivity contribution in [3.05, 3.63) is 34.4 Å². The highest BCUT2D eigenvalue weighted by atomic mass is 32.2. The molecule has 2 aromatic rings. The van der Waals surface area contributed by atoms with Crippen molar-refractivity contribution in [3.8, 4) is 0 Å². The van der Waals surface area contributed by atoms with Gasteiger partial charge in [-0.3, -0.25) is 14.9 Å². The first kappa shape index (κ1) is 19.7. The minimum Gasteiger partial charge on any atom is -0.319 e. The summed E-state index contributed by atoms with van der Waals surface area (Å²) in [5.41, 5.74) is 0.0663. The molecule has 2 rings (SSSR count). The Hall–Kier alpha value is -1.65. The molecule has 1 N–H and O–H groups in total. The number of benzene rings is 1. The van der Waals surface area contributed by atoms with Crippen LogP contribution in [-0.4, -0.2) is 32.0 Å². The van der Waals surface area contributed by atoms with E-state index >= 15 is 0 Å². The van der Waals surface area contributed by atoms with Crippen molar-refractivity contribution in [1.82, 2.24) is 10.2 Å². The summed E-state index contributed by atoms with van der Waals surface area (Å²) in [4.78, 5) is 22.8. The summed E-state index contributed by atoms with van der Waals surface area (Å²) in [7, 11) is 0. The molecule has 25 heavy (non-hydrogen) atoms. The first-order chi connectivity index (χ1) is 12.0. The summed E-state index contributed by atoms with van der Waals surface area (Å²) >= 11 is 4.42. The number of unbranched alkanes of at least 4 members (excludes halogenated alkanes) is 1. The van der Waals surface area contributed by atoms with Crippen LogP contribution in [0.15, 0.2) is 32.9 Å². The lowest BCUT2D eigenvalue weighted by Gasteiger charge is -2.10. The number of carbonyl (C=O) groups is 1. The van der Waals surface area contributed by atoms with Crippen molar-refractivity contribution in [3.63, 3.8) is 0 Å². The molecule has 0 saturated carbocycles. The highest BCUT2D eigenvalue weighted by molar-refractivity contribution is 8.03. The Morgan fingerprint density at radius 1 is 1.36 bits per heavy atom. The molecule has 0 spiro atoms. The first-order valence-electron chi connectivity index (χ1n) is 7.68. The number of para-hydroxylation sites is 2.